The molecule has 2 aromatic rings. The van der Waals surface area contributed by atoms with Gasteiger partial charge in [0, 0.05) is 17.9 Å². The molecule has 0 aliphatic carbocycles. The quantitative estimate of drug-likeness (QED) is 0.658. The van der Waals surface area contributed by atoms with Gasteiger partial charge in [0.25, 0.3) is 0 Å². The Kier molecular flexibility index (Phi) is 6.33. The van der Waals surface area contributed by atoms with Crippen LogP contribution in [-0.2, 0) is 15.8 Å². The number of alkyl halides is 3. The van der Waals surface area contributed by atoms with Crippen molar-refractivity contribution in [2.45, 2.75) is 17.8 Å². The van der Waals surface area contributed by atoms with Gasteiger partial charge in [0.2, 0.25) is 11.8 Å². The van der Waals surface area contributed by atoms with E-state index < -0.39 is 22.9 Å². The maximum absolute atomic E-state index is 13.1. The van der Waals surface area contributed by atoms with Crippen LogP contribution in [0.3, 0.4) is 0 Å². The lowest BCUT2D eigenvalue weighted by Gasteiger charge is -2.14. The first-order chi connectivity index (χ1) is 13.6. The number of para-hydroxylation sites is 1. The minimum atomic E-state index is -4.59. The molecule has 1 saturated heterocycles. The van der Waals surface area contributed by atoms with E-state index >= 15 is 0 Å². The lowest BCUT2D eigenvalue weighted by atomic mass is 10.1. The Morgan fingerprint density at radius 1 is 1.21 bits per heavy atom. The molecule has 1 heterocycles. The first-order valence-electron chi connectivity index (χ1n) is 8.39. The molecule has 5 nitrogen and oxygen atoms in total. The van der Waals surface area contributed by atoms with E-state index in [2.05, 4.69) is 26.2 Å². The highest BCUT2D eigenvalue weighted by Crippen LogP contribution is 2.35. The van der Waals surface area contributed by atoms with Crippen molar-refractivity contribution < 1.29 is 22.8 Å². The number of carbonyl (C=O) groups is 2. The van der Waals surface area contributed by atoms with Gasteiger partial charge in [-0.25, -0.2) is 4.99 Å². The third kappa shape index (κ3) is 5.18. The number of aliphatic imine (C=N–C) groups is 1. The molecule has 29 heavy (non-hydrogen) atoms. The highest BCUT2D eigenvalue weighted by atomic mass is 79.9. The number of amidine groups is 1. The standard InChI is InChI=1S/C19H15BrF3N3O2S/c1-26-17(28)15(29-18(26)24-12-8-6-11(20)7-9-12)10-16(27)25-14-5-3-2-4-13(14)19(21,22)23/h2-9,15H,10H2,1H3,(H,25,27). The van der Waals surface area contributed by atoms with Gasteiger partial charge in [0.1, 0.15) is 5.25 Å². The van der Waals surface area contributed by atoms with Crippen molar-refractivity contribution in [3.8, 4) is 0 Å². The minimum Gasteiger partial charge on any atom is -0.325 e. The first-order valence-corrected chi connectivity index (χ1v) is 10.1. The molecule has 0 saturated carbocycles. The number of thioether (sulfide) groups is 1. The number of anilines is 1. The van der Waals surface area contributed by atoms with E-state index in [0.717, 1.165) is 22.3 Å². The molecule has 2 amide bonds. The Balaban J connectivity index is 1.70. The number of halogens is 4. The van der Waals surface area contributed by atoms with Gasteiger partial charge in [-0.1, -0.05) is 39.8 Å². The van der Waals surface area contributed by atoms with Crippen molar-refractivity contribution in [3.05, 3.63) is 58.6 Å². The van der Waals surface area contributed by atoms with Crippen molar-refractivity contribution in [2.24, 2.45) is 4.99 Å². The molecule has 0 bridgehead atoms. The summed E-state index contributed by atoms with van der Waals surface area (Å²) in [5, 5.41) is 1.93. The number of nitrogens with one attached hydrogen (secondary N) is 1. The second-order valence-electron chi connectivity index (χ2n) is 6.17. The summed E-state index contributed by atoms with van der Waals surface area (Å²) in [5.41, 5.74) is -0.634. The van der Waals surface area contributed by atoms with Gasteiger partial charge in [0.05, 0.1) is 16.9 Å². The van der Waals surface area contributed by atoms with Crippen molar-refractivity contribution in [2.75, 3.05) is 12.4 Å². The largest absolute Gasteiger partial charge is 0.418 e. The van der Waals surface area contributed by atoms with Crippen LogP contribution in [0, 0.1) is 0 Å². The maximum Gasteiger partial charge on any atom is 0.418 e. The predicted octanol–water partition coefficient (Wildman–Crippen LogP) is 5.06. The van der Waals surface area contributed by atoms with Crippen LogP contribution in [0.15, 0.2) is 58.0 Å². The zero-order valence-corrected chi connectivity index (χ0v) is 17.4. The average molecular weight is 486 g/mol. The summed E-state index contributed by atoms with van der Waals surface area (Å²) in [6.45, 7) is 0. The number of hydrogen-bond acceptors (Lipinski definition) is 4. The van der Waals surface area contributed by atoms with E-state index in [1.807, 2.05) is 12.1 Å². The van der Waals surface area contributed by atoms with Gasteiger partial charge in [-0.2, -0.15) is 13.2 Å². The van der Waals surface area contributed by atoms with Gasteiger partial charge in [-0.15, -0.1) is 0 Å². The molecule has 0 radical (unpaired) electrons. The van der Waals surface area contributed by atoms with E-state index in [4.69, 9.17) is 0 Å². The van der Waals surface area contributed by atoms with Crippen LogP contribution in [0.25, 0.3) is 0 Å². The van der Waals surface area contributed by atoms with Crippen LogP contribution in [0.5, 0.6) is 0 Å². The van der Waals surface area contributed by atoms with Gasteiger partial charge in [0.15, 0.2) is 5.17 Å². The normalized spacial score (nSPS) is 18.4. The fourth-order valence-electron chi connectivity index (χ4n) is 2.63. The van der Waals surface area contributed by atoms with Gasteiger partial charge < -0.3 is 5.32 Å². The van der Waals surface area contributed by atoms with E-state index in [1.165, 1.54) is 23.1 Å². The fraction of sp³-hybridized carbons (Fsp3) is 0.211. The van der Waals surface area contributed by atoms with Crippen LogP contribution >= 0.6 is 27.7 Å². The summed E-state index contributed by atoms with van der Waals surface area (Å²) >= 11 is 4.43. The van der Waals surface area contributed by atoms with Gasteiger partial charge in [-0.3, -0.25) is 14.5 Å². The predicted molar refractivity (Wildman–Crippen MR) is 110 cm³/mol. The van der Waals surface area contributed by atoms with Crippen LogP contribution in [0.1, 0.15) is 12.0 Å². The molecule has 10 heteroatoms. The molecule has 1 N–H and O–H groups in total. The fourth-order valence-corrected chi connectivity index (χ4v) is 4.05. The van der Waals surface area contributed by atoms with Crippen LogP contribution < -0.4 is 5.32 Å². The topological polar surface area (TPSA) is 61.8 Å². The molecule has 1 fully saturated rings. The summed E-state index contributed by atoms with van der Waals surface area (Å²) in [6.07, 6.45) is -4.86. The number of benzene rings is 2. The summed E-state index contributed by atoms with van der Waals surface area (Å²) in [5.74, 6) is -1.00. The molecule has 1 atom stereocenters. The van der Waals surface area contributed by atoms with E-state index in [9.17, 15) is 22.8 Å². The Morgan fingerprint density at radius 3 is 2.52 bits per heavy atom. The second-order valence-corrected chi connectivity index (χ2v) is 8.26. The molecule has 152 valence electrons. The molecule has 2 aromatic carbocycles. The van der Waals surface area contributed by atoms with Crippen LogP contribution in [0.2, 0.25) is 0 Å². The number of amides is 2. The van der Waals surface area contributed by atoms with Crippen LogP contribution in [-0.4, -0.2) is 34.2 Å². The zero-order valence-electron chi connectivity index (χ0n) is 15.0. The maximum atomic E-state index is 13.1. The minimum absolute atomic E-state index is 0.264. The molecular weight excluding hydrogens is 471 g/mol. The van der Waals surface area contributed by atoms with Crippen molar-refractivity contribution in [3.63, 3.8) is 0 Å². The number of rotatable bonds is 4. The Labute approximate surface area is 177 Å². The summed E-state index contributed by atoms with van der Waals surface area (Å²) < 4.78 is 40.1. The Morgan fingerprint density at radius 2 is 1.86 bits per heavy atom. The van der Waals surface area contributed by atoms with Crippen molar-refractivity contribution >= 4 is 56.0 Å². The van der Waals surface area contributed by atoms with Gasteiger partial charge >= 0.3 is 6.18 Å². The lowest BCUT2D eigenvalue weighted by Crippen LogP contribution is -2.30. The third-order valence-corrected chi connectivity index (χ3v) is 5.83. The first kappa shape index (κ1) is 21.4. The monoisotopic (exact) mass is 485 g/mol. The smallest absolute Gasteiger partial charge is 0.325 e. The molecule has 1 aliphatic heterocycles. The summed E-state index contributed by atoms with van der Waals surface area (Å²) in [4.78, 5) is 30.5. The average Bonchev–Trinajstić information content (AvgIpc) is 2.91. The number of carbonyl (C=O) groups excluding carboxylic acids is 2. The van der Waals surface area contributed by atoms with E-state index in [0.29, 0.717) is 10.9 Å². The molecule has 3 rings (SSSR count). The van der Waals surface area contributed by atoms with Crippen molar-refractivity contribution in [1.29, 1.82) is 0 Å². The highest BCUT2D eigenvalue weighted by molar-refractivity contribution is 9.10. The molecule has 1 aliphatic rings. The Bertz CT molecular complexity index is 964. The van der Waals surface area contributed by atoms with E-state index in [-0.39, 0.29) is 18.0 Å². The summed E-state index contributed by atoms with van der Waals surface area (Å²) in [7, 11) is 1.55. The molecule has 0 spiro atoms. The SMILES string of the molecule is CN1C(=O)C(CC(=O)Nc2ccccc2C(F)(F)F)SC1=Nc1ccc(Br)cc1. The van der Waals surface area contributed by atoms with Crippen molar-refractivity contribution in [1.82, 2.24) is 4.90 Å². The van der Waals surface area contributed by atoms with E-state index in [1.54, 1.807) is 19.2 Å². The number of hydrogen-bond donors (Lipinski definition) is 1. The Hall–Kier alpha value is -2.33. The molecular formula is C19H15BrF3N3O2S. The molecule has 1 unspecified atom stereocenters. The third-order valence-electron chi connectivity index (χ3n) is 4.07. The summed E-state index contributed by atoms with van der Waals surface area (Å²) in [6, 6.07) is 11.9. The lowest BCUT2D eigenvalue weighted by molar-refractivity contribution is -0.137. The van der Waals surface area contributed by atoms with Crippen LogP contribution in [0.4, 0.5) is 24.5 Å². The molecule has 0 aromatic heterocycles. The highest BCUT2D eigenvalue weighted by Gasteiger charge is 2.38. The second kappa shape index (κ2) is 8.58. The number of nitrogens with zero attached hydrogens (tertiary/aromatic N) is 2. The van der Waals surface area contributed by atoms with Gasteiger partial charge in [-0.05, 0) is 36.4 Å². The zero-order chi connectivity index (χ0) is 21.2.